The van der Waals surface area contributed by atoms with E-state index in [4.69, 9.17) is 0 Å². The molecular weight excluding hydrogens is 269 g/mol. The van der Waals surface area contributed by atoms with E-state index >= 15 is 0 Å². The molecule has 1 aliphatic heterocycles. The maximum atomic E-state index is 13.8. The van der Waals surface area contributed by atoms with Gasteiger partial charge in [0.15, 0.2) is 5.69 Å². The van der Waals surface area contributed by atoms with E-state index in [0.29, 0.717) is 11.4 Å². The average molecular weight is 287 g/mol. The zero-order valence-corrected chi connectivity index (χ0v) is 12.2. The van der Waals surface area contributed by atoms with Crippen molar-refractivity contribution in [3.8, 4) is 5.69 Å². The van der Waals surface area contributed by atoms with Crippen LogP contribution in [0.3, 0.4) is 0 Å². The number of amides is 1. The summed E-state index contributed by atoms with van der Waals surface area (Å²) in [7, 11) is 0. The van der Waals surface area contributed by atoms with Crippen LogP contribution < -0.4 is 0 Å². The van der Waals surface area contributed by atoms with Crippen molar-refractivity contribution in [1.82, 2.24) is 14.7 Å². The largest absolute Gasteiger partial charge is 0.332 e. The lowest BCUT2D eigenvalue weighted by Gasteiger charge is -2.30. The number of rotatable bonds is 2. The summed E-state index contributed by atoms with van der Waals surface area (Å²) in [6.07, 6.45) is 3.62. The number of hydrogen-bond acceptors (Lipinski definition) is 2. The molecule has 0 atom stereocenters. The lowest BCUT2D eigenvalue weighted by molar-refractivity contribution is 0.0645. The van der Waals surface area contributed by atoms with E-state index in [1.165, 1.54) is 10.7 Å². The molecule has 1 amide bonds. The molecule has 0 bridgehead atoms. The number of likely N-dealkylation sites (tertiary alicyclic amines) is 1. The summed E-state index contributed by atoms with van der Waals surface area (Å²) in [5.41, 5.74) is 0.559. The van der Waals surface area contributed by atoms with Gasteiger partial charge in [0.25, 0.3) is 5.91 Å². The first-order chi connectivity index (χ1) is 9.99. The molecule has 110 valence electrons. The van der Waals surface area contributed by atoms with Crippen molar-refractivity contribution in [2.24, 2.45) is 0 Å². The number of carbonyl (C=O) groups excluding carboxylic acids is 1. The lowest BCUT2D eigenvalue weighted by Crippen LogP contribution is -2.42. The molecule has 21 heavy (non-hydrogen) atoms. The standard InChI is InChI=1S/C16H18FN3O/c1-16(2)9-5-10-19(16)15(21)13-8-11-20(18-13)14-7-4-3-6-12(14)17/h3-4,6-8,11H,5,9-10H2,1-2H3. The van der Waals surface area contributed by atoms with Crippen molar-refractivity contribution in [2.75, 3.05) is 6.54 Å². The number of carbonyl (C=O) groups is 1. The highest BCUT2D eigenvalue weighted by Crippen LogP contribution is 2.29. The van der Waals surface area contributed by atoms with E-state index in [1.54, 1.807) is 30.5 Å². The van der Waals surface area contributed by atoms with Gasteiger partial charge in [-0.1, -0.05) is 12.1 Å². The highest BCUT2D eigenvalue weighted by molar-refractivity contribution is 5.93. The van der Waals surface area contributed by atoms with Crippen LogP contribution in [0.15, 0.2) is 36.5 Å². The van der Waals surface area contributed by atoms with Crippen LogP contribution in [0.5, 0.6) is 0 Å². The van der Waals surface area contributed by atoms with Crippen molar-refractivity contribution >= 4 is 5.91 Å². The van der Waals surface area contributed by atoms with Gasteiger partial charge in [-0.25, -0.2) is 9.07 Å². The number of para-hydroxylation sites is 1. The Hall–Kier alpha value is -2.17. The van der Waals surface area contributed by atoms with Gasteiger partial charge in [-0.2, -0.15) is 5.10 Å². The first-order valence-electron chi connectivity index (χ1n) is 7.11. The van der Waals surface area contributed by atoms with Crippen LogP contribution in [0.4, 0.5) is 4.39 Å². The molecule has 5 heteroatoms. The fraction of sp³-hybridized carbons (Fsp3) is 0.375. The van der Waals surface area contributed by atoms with E-state index in [2.05, 4.69) is 18.9 Å². The SMILES string of the molecule is CC1(C)CCCN1C(=O)c1ccn(-c2ccccc2F)n1. The lowest BCUT2D eigenvalue weighted by atomic mass is 10.0. The summed E-state index contributed by atoms with van der Waals surface area (Å²) in [6.45, 7) is 4.87. The third-order valence-electron chi connectivity index (χ3n) is 4.05. The molecule has 2 heterocycles. The Morgan fingerprint density at radius 3 is 2.71 bits per heavy atom. The van der Waals surface area contributed by atoms with Gasteiger partial charge in [0.05, 0.1) is 0 Å². The van der Waals surface area contributed by atoms with Crippen molar-refractivity contribution in [1.29, 1.82) is 0 Å². The van der Waals surface area contributed by atoms with E-state index in [0.717, 1.165) is 19.4 Å². The maximum Gasteiger partial charge on any atom is 0.274 e. The maximum absolute atomic E-state index is 13.8. The summed E-state index contributed by atoms with van der Waals surface area (Å²) in [4.78, 5) is 14.4. The van der Waals surface area contributed by atoms with Crippen molar-refractivity contribution in [3.63, 3.8) is 0 Å². The zero-order valence-electron chi connectivity index (χ0n) is 12.2. The molecule has 0 radical (unpaired) electrons. The molecule has 0 unspecified atom stereocenters. The number of aromatic nitrogens is 2. The van der Waals surface area contributed by atoms with Crippen molar-refractivity contribution in [2.45, 2.75) is 32.2 Å². The van der Waals surface area contributed by atoms with Crippen molar-refractivity contribution < 1.29 is 9.18 Å². The Bertz CT molecular complexity index is 678. The summed E-state index contributed by atoms with van der Waals surface area (Å²) in [6, 6.07) is 8.02. The minimum Gasteiger partial charge on any atom is -0.332 e. The third-order valence-corrected chi connectivity index (χ3v) is 4.05. The van der Waals surface area contributed by atoms with Crippen LogP contribution in [0.1, 0.15) is 37.2 Å². The van der Waals surface area contributed by atoms with Gasteiger partial charge >= 0.3 is 0 Å². The predicted octanol–water partition coefficient (Wildman–Crippen LogP) is 3.03. The van der Waals surface area contributed by atoms with Crippen LogP contribution in [0.2, 0.25) is 0 Å². The molecule has 1 saturated heterocycles. The molecule has 0 aliphatic carbocycles. The van der Waals surface area contributed by atoms with Gasteiger partial charge < -0.3 is 4.90 Å². The monoisotopic (exact) mass is 287 g/mol. The number of nitrogens with zero attached hydrogens (tertiary/aromatic N) is 3. The summed E-state index contributed by atoms with van der Waals surface area (Å²) >= 11 is 0. The molecule has 2 aromatic rings. The summed E-state index contributed by atoms with van der Waals surface area (Å²) in [5.74, 6) is -0.450. The molecule has 0 N–H and O–H groups in total. The second-order valence-electron chi connectivity index (χ2n) is 5.97. The van der Waals surface area contributed by atoms with Gasteiger partial charge in [0.1, 0.15) is 11.5 Å². The molecular formula is C16H18FN3O. The highest BCUT2D eigenvalue weighted by atomic mass is 19.1. The molecule has 0 spiro atoms. The quantitative estimate of drug-likeness (QED) is 0.851. The van der Waals surface area contributed by atoms with E-state index < -0.39 is 0 Å². The Labute approximate surface area is 123 Å². The molecule has 4 nitrogen and oxygen atoms in total. The van der Waals surface area contributed by atoms with Gasteiger partial charge in [-0.15, -0.1) is 0 Å². The fourth-order valence-electron chi connectivity index (χ4n) is 2.83. The summed E-state index contributed by atoms with van der Waals surface area (Å²) < 4.78 is 15.2. The minimum atomic E-state index is -0.360. The normalized spacial score (nSPS) is 17.2. The third kappa shape index (κ3) is 2.44. The van der Waals surface area contributed by atoms with Gasteiger partial charge in [0, 0.05) is 18.3 Å². The summed E-state index contributed by atoms with van der Waals surface area (Å²) in [5, 5.41) is 4.24. The molecule has 1 aliphatic rings. The van der Waals surface area contributed by atoms with Gasteiger partial charge in [0.2, 0.25) is 0 Å². The molecule has 1 fully saturated rings. The van der Waals surface area contributed by atoms with E-state index in [-0.39, 0.29) is 17.3 Å². The Balaban J connectivity index is 1.89. The number of hydrogen-bond donors (Lipinski definition) is 0. The minimum absolute atomic E-state index is 0.0902. The topological polar surface area (TPSA) is 38.1 Å². The van der Waals surface area contributed by atoms with Gasteiger partial charge in [-0.3, -0.25) is 4.79 Å². The Morgan fingerprint density at radius 2 is 2.05 bits per heavy atom. The van der Waals surface area contributed by atoms with Crippen LogP contribution in [0, 0.1) is 5.82 Å². The van der Waals surface area contributed by atoms with E-state index in [1.807, 2.05) is 4.90 Å². The molecule has 1 aromatic heterocycles. The van der Waals surface area contributed by atoms with Crippen LogP contribution in [-0.2, 0) is 0 Å². The first kappa shape index (κ1) is 13.8. The van der Waals surface area contributed by atoms with Gasteiger partial charge in [-0.05, 0) is 44.9 Å². The highest BCUT2D eigenvalue weighted by Gasteiger charge is 2.36. The Kier molecular flexibility index (Phi) is 3.27. The van der Waals surface area contributed by atoms with Crippen LogP contribution >= 0.6 is 0 Å². The first-order valence-corrected chi connectivity index (χ1v) is 7.11. The Morgan fingerprint density at radius 1 is 1.29 bits per heavy atom. The second kappa shape index (κ2) is 4.98. The second-order valence-corrected chi connectivity index (χ2v) is 5.97. The van der Waals surface area contributed by atoms with Crippen LogP contribution in [0.25, 0.3) is 5.69 Å². The number of halogens is 1. The van der Waals surface area contributed by atoms with Crippen molar-refractivity contribution in [3.05, 3.63) is 48.0 Å². The molecule has 0 saturated carbocycles. The van der Waals surface area contributed by atoms with E-state index in [9.17, 15) is 9.18 Å². The van der Waals surface area contributed by atoms with Crippen LogP contribution in [-0.4, -0.2) is 32.7 Å². The number of benzene rings is 1. The average Bonchev–Trinajstić information content (AvgIpc) is 3.05. The smallest absolute Gasteiger partial charge is 0.274 e. The fourth-order valence-corrected chi connectivity index (χ4v) is 2.83. The molecule has 3 rings (SSSR count). The zero-order chi connectivity index (χ0) is 15.0. The predicted molar refractivity (Wildman–Crippen MR) is 77.9 cm³/mol. The molecule has 1 aromatic carbocycles.